The van der Waals surface area contributed by atoms with Crippen LogP contribution in [-0.4, -0.2) is 107 Å². The quantitative estimate of drug-likeness (QED) is 0.214. The van der Waals surface area contributed by atoms with E-state index in [9.17, 15) is 49.6 Å². The molecular weight excluding hydrogens is 619 g/mol. The highest BCUT2D eigenvalue weighted by Crippen LogP contribution is 2.23. The first kappa shape index (κ1) is 39.1. The molecule has 1 aromatic carbocycles. The summed E-state index contributed by atoms with van der Waals surface area (Å²) in [4.78, 5) is 42.0. The standard InChI is InChI=1S/C16H24N4O2.3C2HF3O2/c21-20(22)16-3-1-2-15(12-16)19-10-8-18(9-11-19)13-14-4-6-17-7-5-14;3*3-2(4,5)1(6)7/h1-3,12,14,17H,4-11,13H2;3*(H,6,7). The number of carbonyl (C=O) groups is 3. The van der Waals surface area contributed by atoms with Crippen molar-refractivity contribution < 1.29 is 74.1 Å². The number of nitro groups is 1. The van der Waals surface area contributed by atoms with E-state index in [1.54, 1.807) is 18.2 Å². The second kappa shape index (κ2) is 17.3. The van der Waals surface area contributed by atoms with Crippen molar-refractivity contribution in [1.82, 2.24) is 10.2 Å². The summed E-state index contributed by atoms with van der Waals surface area (Å²) in [6, 6.07) is 6.98. The van der Waals surface area contributed by atoms with Gasteiger partial charge < -0.3 is 25.5 Å². The molecule has 3 rings (SSSR count). The summed E-state index contributed by atoms with van der Waals surface area (Å²) in [7, 11) is 0. The highest BCUT2D eigenvalue weighted by atomic mass is 19.4. The van der Waals surface area contributed by atoms with Crippen LogP contribution in [0.4, 0.5) is 50.9 Å². The number of rotatable bonds is 4. The molecule has 21 heteroatoms. The Morgan fingerprint density at radius 3 is 1.56 bits per heavy atom. The molecule has 0 unspecified atom stereocenters. The molecule has 0 bridgehead atoms. The second-order valence-electron chi connectivity index (χ2n) is 8.67. The number of benzene rings is 1. The lowest BCUT2D eigenvalue weighted by Crippen LogP contribution is -2.48. The van der Waals surface area contributed by atoms with Gasteiger partial charge in [0.25, 0.3) is 5.69 Å². The Bertz CT molecular complexity index is 997. The van der Waals surface area contributed by atoms with Crippen molar-refractivity contribution in [3.05, 3.63) is 34.4 Å². The van der Waals surface area contributed by atoms with Crippen molar-refractivity contribution in [2.45, 2.75) is 31.4 Å². The van der Waals surface area contributed by atoms with Gasteiger partial charge >= 0.3 is 36.4 Å². The van der Waals surface area contributed by atoms with Gasteiger partial charge in [-0.25, -0.2) is 14.4 Å². The van der Waals surface area contributed by atoms with E-state index in [-0.39, 0.29) is 10.6 Å². The Morgan fingerprint density at radius 2 is 1.21 bits per heavy atom. The summed E-state index contributed by atoms with van der Waals surface area (Å²) >= 11 is 0. The average molecular weight is 646 g/mol. The van der Waals surface area contributed by atoms with Crippen LogP contribution in [0.3, 0.4) is 0 Å². The summed E-state index contributed by atoms with van der Waals surface area (Å²) in [6.07, 6.45) is -12.7. The van der Waals surface area contributed by atoms with E-state index in [4.69, 9.17) is 29.7 Å². The molecule has 2 fully saturated rings. The Balaban J connectivity index is 0.000000690. The van der Waals surface area contributed by atoms with Crippen molar-refractivity contribution in [2.24, 2.45) is 5.92 Å². The van der Waals surface area contributed by atoms with Crippen LogP contribution in [0.25, 0.3) is 0 Å². The number of carboxylic acid groups (broad SMARTS) is 3. The minimum absolute atomic E-state index is 0.176. The summed E-state index contributed by atoms with van der Waals surface area (Å²) in [6.45, 7) is 7.50. The number of alkyl halides is 9. The molecule has 4 N–H and O–H groups in total. The Hall–Kier alpha value is -3.88. The lowest BCUT2D eigenvalue weighted by molar-refractivity contribution is -0.384. The summed E-state index contributed by atoms with van der Waals surface area (Å²) in [5.74, 6) is -7.45. The average Bonchev–Trinajstić information content (AvgIpc) is 2.89. The van der Waals surface area contributed by atoms with Gasteiger partial charge in [-0.2, -0.15) is 39.5 Å². The molecule has 12 nitrogen and oxygen atoms in total. The Labute approximate surface area is 236 Å². The smallest absolute Gasteiger partial charge is 0.475 e. The topological polar surface area (TPSA) is 174 Å². The van der Waals surface area contributed by atoms with Crippen LogP contribution < -0.4 is 10.2 Å². The molecule has 2 aliphatic heterocycles. The number of halogens is 9. The molecule has 43 heavy (non-hydrogen) atoms. The van der Waals surface area contributed by atoms with E-state index in [1.165, 1.54) is 19.4 Å². The molecule has 0 saturated carbocycles. The third kappa shape index (κ3) is 17.0. The summed E-state index contributed by atoms with van der Waals surface area (Å²) < 4.78 is 95.2. The second-order valence-corrected chi connectivity index (χ2v) is 8.67. The van der Waals surface area contributed by atoms with Crippen molar-refractivity contribution >= 4 is 29.3 Å². The fourth-order valence-electron chi connectivity index (χ4n) is 3.42. The van der Waals surface area contributed by atoms with Crippen LogP contribution in [-0.2, 0) is 14.4 Å². The lowest BCUT2D eigenvalue weighted by atomic mass is 9.97. The Morgan fingerprint density at radius 1 is 0.814 bits per heavy atom. The summed E-state index contributed by atoms with van der Waals surface area (Å²) in [5, 5.41) is 35.7. The maximum absolute atomic E-state index is 10.9. The van der Waals surface area contributed by atoms with Gasteiger partial charge in [0, 0.05) is 50.5 Å². The molecule has 0 atom stereocenters. The fraction of sp³-hybridized carbons (Fsp3) is 0.591. The minimum atomic E-state index is -5.08. The number of nitrogens with one attached hydrogen (secondary N) is 1. The normalized spacial score (nSPS) is 16.3. The SMILES string of the molecule is O=C(O)C(F)(F)F.O=C(O)C(F)(F)F.O=C(O)C(F)(F)F.O=[N+]([O-])c1cccc(N2CCN(CC3CCNCC3)CC2)c1. The van der Waals surface area contributed by atoms with Gasteiger partial charge in [-0.1, -0.05) is 6.07 Å². The highest BCUT2D eigenvalue weighted by molar-refractivity contribution is 5.73. The molecule has 0 spiro atoms. The molecule has 2 aliphatic rings. The molecule has 0 amide bonds. The van der Waals surface area contributed by atoms with Gasteiger partial charge in [-0.3, -0.25) is 15.0 Å². The molecule has 2 heterocycles. The van der Waals surface area contributed by atoms with Crippen LogP contribution in [0, 0.1) is 16.0 Å². The molecule has 0 radical (unpaired) electrons. The third-order valence-electron chi connectivity index (χ3n) is 5.48. The van der Waals surface area contributed by atoms with Gasteiger partial charge in [0.05, 0.1) is 4.92 Å². The van der Waals surface area contributed by atoms with Gasteiger partial charge in [-0.15, -0.1) is 0 Å². The monoisotopic (exact) mass is 646 g/mol. The van der Waals surface area contributed by atoms with Gasteiger partial charge in [-0.05, 0) is 37.9 Å². The predicted molar refractivity (Wildman–Crippen MR) is 128 cm³/mol. The summed E-state index contributed by atoms with van der Waals surface area (Å²) in [5.41, 5.74) is 1.14. The van der Waals surface area contributed by atoms with Crippen LogP contribution in [0.15, 0.2) is 24.3 Å². The van der Waals surface area contributed by atoms with Gasteiger partial charge in [0.15, 0.2) is 0 Å². The fourth-order valence-corrected chi connectivity index (χ4v) is 3.42. The number of nitrogens with zero attached hydrogens (tertiary/aromatic N) is 3. The Kier molecular flexibility index (Phi) is 15.7. The van der Waals surface area contributed by atoms with Crippen molar-refractivity contribution in [3.63, 3.8) is 0 Å². The zero-order chi connectivity index (χ0) is 33.6. The lowest BCUT2D eigenvalue weighted by Gasteiger charge is -2.38. The van der Waals surface area contributed by atoms with Crippen molar-refractivity contribution in [3.8, 4) is 0 Å². The van der Waals surface area contributed by atoms with E-state index < -0.39 is 36.4 Å². The number of carboxylic acids is 3. The van der Waals surface area contributed by atoms with Crippen LogP contribution in [0.2, 0.25) is 0 Å². The molecule has 1 aromatic rings. The highest BCUT2D eigenvalue weighted by Gasteiger charge is 2.39. The first-order valence-corrected chi connectivity index (χ1v) is 11.9. The van der Waals surface area contributed by atoms with E-state index in [0.717, 1.165) is 50.9 Å². The number of anilines is 1. The maximum atomic E-state index is 10.9. The molecule has 246 valence electrons. The maximum Gasteiger partial charge on any atom is 0.490 e. The van der Waals surface area contributed by atoms with Crippen molar-refractivity contribution in [1.29, 1.82) is 0 Å². The van der Waals surface area contributed by atoms with Crippen LogP contribution in [0.5, 0.6) is 0 Å². The van der Waals surface area contributed by atoms with Crippen LogP contribution in [0.1, 0.15) is 12.8 Å². The number of aliphatic carboxylic acids is 3. The molecular formula is C22H27F9N4O8. The first-order valence-electron chi connectivity index (χ1n) is 11.9. The zero-order valence-corrected chi connectivity index (χ0v) is 21.9. The minimum Gasteiger partial charge on any atom is -0.475 e. The van der Waals surface area contributed by atoms with Gasteiger partial charge in [0.1, 0.15) is 0 Å². The van der Waals surface area contributed by atoms with E-state index in [1.807, 2.05) is 6.07 Å². The predicted octanol–water partition coefficient (Wildman–Crippen LogP) is 3.62. The molecule has 0 aliphatic carbocycles. The first-order chi connectivity index (χ1) is 19.6. The van der Waals surface area contributed by atoms with Gasteiger partial charge in [0.2, 0.25) is 0 Å². The third-order valence-corrected chi connectivity index (χ3v) is 5.48. The molecule has 0 aromatic heterocycles. The largest absolute Gasteiger partial charge is 0.490 e. The number of piperidine rings is 1. The number of non-ortho nitro benzene ring substituents is 1. The number of hydrogen-bond acceptors (Lipinski definition) is 8. The van der Waals surface area contributed by atoms with E-state index in [0.29, 0.717) is 0 Å². The number of nitro benzene ring substituents is 1. The zero-order valence-electron chi connectivity index (χ0n) is 21.9. The molecule has 2 saturated heterocycles. The number of piperazine rings is 1. The van der Waals surface area contributed by atoms with Crippen molar-refractivity contribution in [2.75, 3.05) is 50.7 Å². The van der Waals surface area contributed by atoms with Crippen LogP contribution >= 0.6 is 0 Å². The van der Waals surface area contributed by atoms with E-state index >= 15 is 0 Å². The number of hydrogen-bond donors (Lipinski definition) is 4. The van der Waals surface area contributed by atoms with E-state index in [2.05, 4.69) is 15.1 Å².